The lowest BCUT2D eigenvalue weighted by molar-refractivity contribution is 0.0687. The minimum Gasteiger partial charge on any atom is -0.488 e. The van der Waals surface area contributed by atoms with Crippen molar-refractivity contribution in [3.05, 3.63) is 65.7 Å². The summed E-state index contributed by atoms with van der Waals surface area (Å²) in [6.07, 6.45) is 2.85. The zero-order valence-corrected chi connectivity index (χ0v) is 14.7. The van der Waals surface area contributed by atoms with Crippen LogP contribution in [0, 0.1) is 0 Å². The number of carbonyl (C=O) groups is 1. The van der Waals surface area contributed by atoms with E-state index in [0.717, 1.165) is 24.8 Å². The fraction of sp³-hybridized carbons (Fsp3) is 0.381. The molecule has 0 spiro atoms. The van der Waals surface area contributed by atoms with E-state index in [0.29, 0.717) is 24.5 Å². The van der Waals surface area contributed by atoms with Gasteiger partial charge in [0.05, 0.1) is 5.56 Å². The summed E-state index contributed by atoms with van der Waals surface area (Å²) >= 11 is 0. The van der Waals surface area contributed by atoms with Crippen LogP contribution >= 0.6 is 0 Å². The fourth-order valence-corrected chi connectivity index (χ4v) is 3.50. The molecule has 0 radical (unpaired) electrons. The third kappa shape index (κ3) is 4.20. The maximum atomic E-state index is 13.1. The lowest BCUT2D eigenvalue weighted by Gasteiger charge is -2.28. The molecule has 3 rings (SSSR count). The maximum absolute atomic E-state index is 13.1. The summed E-state index contributed by atoms with van der Waals surface area (Å²) in [7, 11) is 0. The van der Waals surface area contributed by atoms with Gasteiger partial charge < -0.3 is 15.4 Å². The van der Waals surface area contributed by atoms with Crippen molar-refractivity contribution in [3.63, 3.8) is 0 Å². The number of ether oxygens (including phenoxy) is 1. The summed E-state index contributed by atoms with van der Waals surface area (Å²) in [6, 6.07) is 17.9. The number of carbonyl (C=O) groups excluding carboxylic acids is 1. The van der Waals surface area contributed by atoms with Crippen molar-refractivity contribution in [2.24, 2.45) is 5.73 Å². The molecule has 2 aromatic rings. The Morgan fingerprint density at radius 2 is 1.84 bits per heavy atom. The Labute approximate surface area is 149 Å². The van der Waals surface area contributed by atoms with E-state index in [9.17, 15) is 4.79 Å². The second kappa shape index (κ2) is 8.17. The Bertz CT molecular complexity index is 702. The van der Waals surface area contributed by atoms with E-state index in [1.807, 2.05) is 66.4 Å². The van der Waals surface area contributed by atoms with Gasteiger partial charge in [0.1, 0.15) is 12.4 Å². The zero-order chi connectivity index (χ0) is 17.6. The molecule has 132 valence electrons. The monoisotopic (exact) mass is 338 g/mol. The first-order valence-corrected chi connectivity index (χ1v) is 9.01. The average molecular weight is 338 g/mol. The molecule has 25 heavy (non-hydrogen) atoms. The van der Waals surface area contributed by atoms with Gasteiger partial charge in [-0.05, 0) is 43.9 Å². The molecule has 2 atom stereocenters. The van der Waals surface area contributed by atoms with Crippen LogP contribution in [0.25, 0.3) is 0 Å². The van der Waals surface area contributed by atoms with E-state index < -0.39 is 0 Å². The van der Waals surface area contributed by atoms with Crippen LogP contribution in [0.15, 0.2) is 54.6 Å². The van der Waals surface area contributed by atoms with Gasteiger partial charge in [-0.25, -0.2) is 0 Å². The van der Waals surface area contributed by atoms with Crippen LogP contribution in [-0.2, 0) is 6.61 Å². The number of hydrogen-bond donors (Lipinski definition) is 1. The molecular formula is C21H26N2O2. The van der Waals surface area contributed by atoms with E-state index >= 15 is 0 Å². The zero-order valence-electron chi connectivity index (χ0n) is 14.7. The number of hydrogen-bond acceptors (Lipinski definition) is 3. The number of nitrogens with two attached hydrogens (primary N) is 1. The van der Waals surface area contributed by atoms with Crippen molar-refractivity contribution in [2.75, 3.05) is 6.54 Å². The van der Waals surface area contributed by atoms with E-state index in [4.69, 9.17) is 10.5 Å². The van der Waals surface area contributed by atoms with Gasteiger partial charge in [0.25, 0.3) is 5.91 Å². The Hall–Kier alpha value is -2.33. The van der Waals surface area contributed by atoms with Crippen LogP contribution in [0.5, 0.6) is 5.75 Å². The highest BCUT2D eigenvalue weighted by Gasteiger charge is 2.30. The van der Waals surface area contributed by atoms with Gasteiger partial charge in [0.2, 0.25) is 0 Å². The van der Waals surface area contributed by atoms with Gasteiger partial charge in [0, 0.05) is 18.6 Å². The molecule has 1 saturated carbocycles. The summed E-state index contributed by atoms with van der Waals surface area (Å²) in [5.41, 5.74) is 7.74. The minimum absolute atomic E-state index is 0.0326. The highest BCUT2D eigenvalue weighted by atomic mass is 16.5. The molecule has 0 heterocycles. The summed E-state index contributed by atoms with van der Waals surface area (Å²) < 4.78 is 5.95. The second-order valence-electron chi connectivity index (χ2n) is 6.59. The van der Waals surface area contributed by atoms with Crippen molar-refractivity contribution in [3.8, 4) is 5.75 Å². The van der Waals surface area contributed by atoms with Gasteiger partial charge in [0.15, 0.2) is 0 Å². The van der Waals surface area contributed by atoms with Crippen LogP contribution in [0.4, 0.5) is 0 Å². The topological polar surface area (TPSA) is 55.6 Å². The molecule has 0 unspecified atom stereocenters. The highest BCUT2D eigenvalue weighted by molar-refractivity contribution is 5.97. The van der Waals surface area contributed by atoms with E-state index in [1.54, 1.807) is 0 Å². The predicted molar refractivity (Wildman–Crippen MR) is 99.5 cm³/mol. The molecule has 2 aromatic carbocycles. The standard InChI is InChI=1S/C21H26N2O2/c1-2-23(18-13-12-17(22)14-18)21(24)19-10-6-7-11-20(19)25-15-16-8-4-3-5-9-16/h3-11,17-18H,2,12-15,22H2,1H3/t17-,18-/m1/s1. The SMILES string of the molecule is CCN(C(=O)c1ccccc1OCc1ccccc1)[C@@H]1CC[C@@H](N)C1. The molecule has 4 nitrogen and oxygen atoms in total. The second-order valence-corrected chi connectivity index (χ2v) is 6.59. The molecule has 1 aliphatic carbocycles. The van der Waals surface area contributed by atoms with Crippen molar-refractivity contribution in [1.29, 1.82) is 0 Å². The smallest absolute Gasteiger partial charge is 0.257 e. The van der Waals surface area contributed by atoms with Gasteiger partial charge in [-0.3, -0.25) is 4.79 Å². The molecule has 0 saturated heterocycles. The number of nitrogens with zero attached hydrogens (tertiary/aromatic N) is 1. The molecule has 4 heteroatoms. The van der Waals surface area contributed by atoms with Crippen LogP contribution < -0.4 is 10.5 Å². The first-order valence-electron chi connectivity index (χ1n) is 9.01. The van der Waals surface area contributed by atoms with E-state index in [2.05, 4.69) is 0 Å². The minimum atomic E-state index is 0.0326. The molecule has 0 bridgehead atoms. The quantitative estimate of drug-likeness (QED) is 0.875. The van der Waals surface area contributed by atoms with Crippen molar-refractivity contribution in [1.82, 2.24) is 4.90 Å². The maximum Gasteiger partial charge on any atom is 0.257 e. The molecule has 0 aromatic heterocycles. The Morgan fingerprint density at radius 1 is 1.12 bits per heavy atom. The predicted octanol–water partition coefficient (Wildman–Crippen LogP) is 3.61. The summed E-state index contributed by atoms with van der Waals surface area (Å²) in [5, 5.41) is 0. The largest absolute Gasteiger partial charge is 0.488 e. The summed E-state index contributed by atoms with van der Waals surface area (Å²) in [5.74, 6) is 0.669. The van der Waals surface area contributed by atoms with Crippen LogP contribution in [-0.4, -0.2) is 29.4 Å². The number of amides is 1. The third-order valence-electron chi connectivity index (χ3n) is 4.84. The van der Waals surface area contributed by atoms with Gasteiger partial charge in [-0.15, -0.1) is 0 Å². The highest BCUT2D eigenvalue weighted by Crippen LogP contribution is 2.27. The lowest BCUT2D eigenvalue weighted by Crippen LogP contribution is -2.39. The molecule has 0 aliphatic heterocycles. The first-order chi connectivity index (χ1) is 12.2. The third-order valence-corrected chi connectivity index (χ3v) is 4.84. The molecule has 1 aliphatic rings. The van der Waals surface area contributed by atoms with Crippen LogP contribution in [0.2, 0.25) is 0 Å². The molecule has 1 amide bonds. The average Bonchev–Trinajstić information content (AvgIpc) is 3.07. The fourth-order valence-electron chi connectivity index (χ4n) is 3.50. The van der Waals surface area contributed by atoms with Crippen LogP contribution in [0.1, 0.15) is 42.1 Å². The van der Waals surface area contributed by atoms with Crippen molar-refractivity contribution in [2.45, 2.75) is 44.9 Å². The lowest BCUT2D eigenvalue weighted by atomic mass is 10.1. The molecule has 2 N–H and O–H groups in total. The summed E-state index contributed by atoms with van der Waals surface area (Å²) in [6.45, 7) is 3.16. The summed E-state index contributed by atoms with van der Waals surface area (Å²) in [4.78, 5) is 15.0. The number of benzene rings is 2. The van der Waals surface area contributed by atoms with Crippen molar-refractivity contribution >= 4 is 5.91 Å². The molecular weight excluding hydrogens is 312 g/mol. The van der Waals surface area contributed by atoms with Gasteiger partial charge in [-0.2, -0.15) is 0 Å². The molecule has 1 fully saturated rings. The number of para-hydroxylation sites is 1. The Balaban J connectivity index is 1.75. The van der Waals surface area contributed by atoms with Crippen molar-refractivity contribution < 1.29 is 9.53 Å². The van der Waals surface area contributed by atoms with Gasteiger partial charge in [-0.1, -0.05) is 42.5 Å². The Morgan fingerprint density at radius 3 is 2.52 bits per heavy atom. The van der Waals surface area contributed by atoms with Crippen LogP contribution in [0.3, 0.4) is 0 Å². The van der Waals surface area contributed by atoms with Gasteiger partial charge >= 0.3 is 0 Å². The van der Waals surface area contributed by atoms with E-state index in [-0.39, 0.29) is 18.0 Å². The van der Waals surface area contributed by atoms with E-state index in [1.165, 1.54) is 0 Å². The number of rotatable bonds is 6. The Kier molecular flexibility index (Phi) is 5.71. The first kappa shape index (κ1) is 17.5. The normalized spacial score (nSPS) is 19.6.